The minimum Gasteiger partial charge on any atom is -0.309 e. The largest absolute Gasteiger partial charge is 0.327 e. The van der Waals surface area contributed by atoms with Gasteiger partial charge < -0.3 is 4.90 Å². The highest BCUT2D eigenvalue weighted by Gasteiger charge is 2.68. The van der Waals surface area contributed by atoms with E-state index in [9.17, 15) is 18.0 Å². The molecule has 1 saturated carbocycles. The standard InChI is InChI=1S/C17H23N3O4S2/c1-3-18(4-2)26(23,24)14-6-5-13(25-14)7-8-19-15(21)17-9-12(10-17)11-20(17)16(19)22/h5-6,12H,3-4,7-11H2,1-2H3. The monoisotopic (exact) mass is 397 g/mol. The normalized spacial score (nSPS) is 27.4. The highest BCUT2D eigenvalue weighted by molar-refractivity contribution is 7.91. The molecule has 1 spiro atoms. The Balaban J connectivity index is 1.44. The second kappa shape index (κ2) is 6.03. The highest BCUT2D eigenvalue weighted by atomic mass is 32.2. The van der Waals surface area contributed by atoms with E-state index in [1.807, 2.05) is 13.8 Å². The average Bonchev–Trinajstić information content (AvgIpc) is 3.30. The van der Waals surface area contributed by atoms with E-state index in [4.69, 9.17) is 0 Å². The lowest BCUT2D eigenvalue weighted by molar-refractivity contribution is -0.135. The number of sulfonamides is 1. The van der Waals surface area contributed by atoms with E-state index in [0.717, 1.165) is 17.7 Å². The lowest BCUT2D eigenvalue weighted by Gasteiger charge is -2.34. The van der Waals surface area contributed by atoms with Gasteiger partial charge in [0.1, 0.15) is 9.75 Å². The van der Waals surface area contributed by atoms with E-state index < -0.39 is 15.6 Å². The Morgan fingerprint density at radius 2 is 1.92 bits per heavy atom. The number of nitrogens with zero attached hydrogens (tertiary/aromatic N) is 3. The highest BCUT2D eigenvalue weighted by Crippen LogP contribution is 2.54. The molecule has 4 heterocycles. The van der Waals surface area contributed by atoms with Gasteiger partial charge in [0, 0.05) is 37.5 Å². The summed E-state index contributed by atoms with van der Waals surface area (Å²) in [7, 11) is -3.46. The zero-order chi connectivity index (χ0) is 18.7. The van der Waals surface area contributed by atoms with Crippen molar-refractivity contribution in [3.63, 3.8) is 0 Å². The molecule has 5 rings (SSSR count). The summed E-state index contributed by atoms with van der Waals surface area (Å²) < 4.78 is 26.9. The number of urea groups is 1. The smallest absolute Gasteiger partial charge is 0.309 e. The number of hydrogen-bond acceptors (Lipinski definition) is 5. The Labute approximate surface area is 157 Å². The van der Waals surface area contributed by atoms with E-state index in [-0.39, 0.29) is 11.9 Å². The summed E-state index contributed by atoms with van der Waals surface area (Å²) in [6, 6.07) is 3.22. The first-order valence-corrected chi connectivity index (χ1v) is 11.3. The van der Waals surface area contributed by atoms with Crippen molar-refractivity contribution in [1.29, 1.82) is 0 Å². The number of carbonyl (C=O) groups is 2. The van der Waals surface area contributed by atoms with Crippen molar-refractivity contribution in [3.8, 4) is 0 Å². The molecule has 2 bridgehead atoms. The maximum atomic E-state index is 12.7. The molecular weight excluding hydrogens is 374 g/mol. The molecule has 9 heteroatoms. The van der Waals surface area contributed by atoms with Gasteiger partial charge in [-0.2, -0.15) is 4.31 Å². The maximum absolute atomic E-state index is 12.7. The van der Waals surface area contributed by atoms with Crippen molar-refractivity contribution in [2.45, 2.75) is 42.9 Å². The Bertz CT molecular complexity index is 850. The Morgan fingerprint density at radius 3 is 2.54 bits per heavy atom. The minimum absolute atomic E-state index is 0.0659. The van der Waals surface area contributed by atoms with Crippen molar-refractivity contribution in [2.24, 2.45) is 5.92 Å². The fourth-order valence-electron chi connectivity index (χ4n) is 4.45. The van der Waals surface area contributed by atoms with Crippen LogP contribution in [0.2, 0.25) is 0 Å². The molecular formula is C17H23N3O4S2. The molecule has 3 aliphatic heterocycles. The van der Waals surface area contributed by atoms with Crippen molar-refractivity contribution < 1.29 is 18.0 Å². The fraction of sp³-hybridized carbons (Fsp3) is 0.647. The third-order valence-electron chi connectivity index (χ3n) is 5.83. The lowest BCUT2D eigenvalue weighted by atomic mass is 9.73. The average molecular weight is 398 g/mol. The SMILES string of the molecule is CCN(CC)S(=O)(=O)c1ccc(CCN2C(=O)N3CC4CC3(C4)C2=O)s1. The van der Waals surface area contributed by atoms with Crippen LogP contribution in [-0.4, -0.2) is 66.2 Å². The molecule has 0 atom stereocenters. The van der Waals surface area contributed by atoms with Gasteiger partial charge in [0.25, 0.3) is 15.9 Å². The van der Waals surface area contributed by atoms with Crippen LogP contribution >= 0.6 is 11.3 Å². The van der Waals surface area contributed by atoms with E-state index in [0.29, 0.717) is 42.7 Å². The van der Waals surface area contributed by atoms with Gasteiger partial charge in [-0.05, 0) is 30.9 Å². The zero-order valence-corrected chi connectivity index (χ0v) is 16.6. The first-order valence-electron chi connectivity index (χ1n) is 9.06. The van der Waals surface area contributed by atoms with Crippen LogP contribution in [0.25, 0.3) is 0 Å². The van der Waals surface area contributed by atoms with Crippen LogP contribution in [0.1, 0.15) is 31.6 Å². The van der Waals surface area contributed by atoms with E-state index in [2.05, 4.69) is 0 Å². The zero-order valence-electron chi connectivity index (χ0n) is 15.0. The van der Waals surface area contributed by atoms with Gasteiger partial charge in [-0.3, -0.25) is 9.69 Å². The number of amides is 3. The number of imide groups is 1. The number of hydrogen-bond donors (Lipinski definition) is 0. The Hall–Kier alpha value is -1.45. The molecule has 4 fully saturated rings. The van der Waals surface area contributed by atoms with E-state index in [1.165, 1.54) is 20.5 Å². The Morgan fingerprint density at radius 1 is 1.23 bits per heavy atom. The van der Waals surface area contributed by atoms with Gasteiger partial charge in [-0.1, -0.05) is 13.8 Å². The summed E-state index contributed by atoms with van der Waals surface area (Å²) in [5.41, 5.74) is -0.547. The van der Waals surface area contributed by atoms with Crippen molar-refractivity contribution in [3.05, 3.63) is 17.0 Å². The van der Waals surface area contributed by atoms with Gasteiger partial charge >= 0.3 is 6.03 Å². The van der Waals surface area contributed by atoms with Gasteiger partial charge in [0.15, 0.2) is 0 Å². The van der Waals surface area contributed by atoms with Crippen molar-refractivity contribution in [1.82, 2.24) is 14.1 Å². The van der Waals surface area contributed by atoms with Gasteiger partial charge in [-0.25, -0.2) is 13.2 Å². The molecule has 1 aromatic rings. The fourth-order valence-corrected chi connectivity index (χ4v) is 7.41. The van der Waals surface area contributed by atoms with E-state index in [1.54, 1.807) is 17.0 Å². The molecule has 3 saturated heterocycles. The molecule has 4 aliphatic rings. The number of thiophene rings is 1. The van der Waals surface area contributed by atoms with Crippen LogP contribution in [0.3, 0.4) is 0 Å². The molecule has 1 aliphatic carbocycles. The second-order valence-electron chi connectivity index (χ2n) is 7.22. The molecule has 142 valence electrons. The summed E-state index contributed by atoms with van der Waals surface area (Å²) in [6.45, 7) is 5.51. The number of rotatable bonds is 7. The van der Waals surface area contributed by atoms with Crippen LogP contribution in [0.5, 0.6) is 0 Å². The molecule has 0 unspecified atom stereocenters. The van der Waals surface area contributed by atoms with E-state index >= 15 is 0 Å². The molecule has 26 heavy (non-hydrogen) atoms. The summed E-state index contributed by atoms with van der Waals surface area (Å²) in [5, 5.41) is 0. The molecule has 7 nitrogen and oxygen atoms in total. The lowest BCUT2D eigenvalue weighted by Crippen LogP contribution is -2.49. The third kappa shape index (κ3) is 2.36. The van der Waals surface area contributed by atoms with Crippen LogP contribution in [0.15, 0.2) is 16.3 Å². The first kappa shape index (κ1) is 17.9. The molecule has 0 radical (unpaired) electrons. The molecule has 0 N–H and O–H groups in total. The van der Waals surface area contributed by atoms with Crippen LogP contribution in [0, 0.1) is 5.92 Å². The van der Waals surface area contributed by atoms with Crippen LogP contribution in [0.4, 0.5) is 4.79 Å². The minimum atomic E-state index is -3.46. The number of carbonyl (C=O) groups excluding carboxylic acids is 2. The second-order valence-corrected chi connectivity index (χ2v) is 10.5. The third-order valence-corrected chi connectivity index (χ3v) is 9.50. The molecule has 0 aromatic carbocycles. The maximum Gasteiger partial charge on any atom is 0.327 e. The topological polar surface area (TPSA) is 78.0 Å². The van der Waals surface area contributed by atoms with Crippen LogP contribution in [-0.2, 0) is 21.2 Å². The van der Waals surface area contributed by atoms with Crippen molar-refractivity contribution in [2.75, 3.05) is 26.2 Å². The summed E-state index contributed by atoms with van der Waals surface area (Å²) in [5.74, 6) is 0.430. The first-order chi connectivity index (χ1) is 12.3. The molecule has 1 aromatic heterocycles. The van der Waals surface area contributed by atoms with Gasteiger partial charge in [0.2, 0.25) is 0 Å². The summed E-state index contributed by atoms with van der Waals surface area (Å²) in [6.07, 6.45) is 2.10. The summed E-state index contributed by atoms with van der Waals surface area (Å²) >= 11 is 1.22. The van der Waals surface area contributed by atoms with Crippen molar-refractivity contribution >= 4 is 33.3 Å². The quantitative estimate of drug-likeness (QED) is 0.657. The predicted octanol–water partition coefficient (Wildman–Crippen LogP) is 1.75. The summed E-state index contributed by atoms with van der Waals surface area (Å²) in [4.78, 5) is 29.2. The molecule has 3 amide bonds. The van der Waals surface area contributed by atoms with Gasteiger partial charge in [-0.15, -0.1) is 11.3 Å². The van der Waals surface area contributed by atoms with Gasteiger partial charge in [0.05, 0.1) is 0 Å². The predicted molar refractivity (Wildman–Crippen MR) is 97.4 cm³/mol. The Kier molecular flexibility index (Phi) is 4.16. The van der Waals surface area contributed by atoms with Crippen LogP contribution < -0.4 is 0 Å².